The van der Waals surface area contributed by atoms with Crippen molar-refractivity contribution in [1.29, 1.82) is 0 Å². The summed E-state index contributed by atoms with van der Waals surface area (Å²) in [6, 6.07) is 6.06. The molecule has 0 amide bonds. The van der Waals surface area contributed by atoms with Crippen molar-refractivity contribution in [3.63, 3.8) is 0 Å². The summed E-state index contributed by atoms with van der Waals surface area (Å²) in [4.78, 5) is 3.17. The Bertz CT molecular complexity index is 434. The first-order valence-electron chi connectivity index (χ1n) is 4.70. The van der Waals surface area contributed by atoms with Crippen LogP contribution in [-0.4, -0.2) is 18.6 Å². The summed E-state index contributed by atoms with van der Waals surface area (Å²) < 4.78 is 5.31. The first kappa shape index (κ1) is 9.09. The molecule has 0 unspecified atom stereocenters. The molecule has 0 spiro atoms. The third-order valence-electron chi connectivity index (χ3n) is 2.42. The van der Waals surface area contributed by atoms with Gasteiger partial charge >= 0.3 is 0 Å². The predicted octanol–water partition coefficient (Wildman–Crippen LogP) is 1.68. The van der Waals surface area contributed by atoms with Gasteiger partial charge in [-0.1, -0.05) is 0 Å². The maximum absolute atomic E-state index is 5.58. The lowest BCUT2D eigenvalue weighted by Gasteiger charge is -2.08. The SMILES string of the molecule is COc1ccc2[nH]ccc2c1CCN. The molecule has 0 saturated carbocycles. The summed E-state index contributed by atoms with van der Waals surface area (Å²) in [5.74, 6) is 0.919. The van der Waals surface area contributed by atoms with Crippen molar-refractivity contribution >= 4 is 10.9 Å². The van der Waals surface area contributed by atoms with Gasteiger partial charge in [-0.2, -0.15) is 0 Å². The average Bonchev–Trinajstić information content (AvgIpc) is 2.67. The van der Waals surface area contributed by atoms with Gasteiger partial charge in [0.25, 0.3) is 0 Å². The summed E-state index contributed by atoms with van der Waals surface area (Å²) in [6.07, 6.45) is 2.78. The molecule has 0 bridgehead atoms. The molecule has 0 atom stereocenters. The second kappa shape index (κ2) is 3.72. The zero-order chi connectivity index (χ0) is 9.97. The van der Waals surface area contributed by atoms with Crippen molar-refractivity contribution in [2.24, 2.45) is 5.73 Å². The van der Waals surface area contributed by atoms with Gasteiger partial charge < -0.3 is 15.5 Å². The van der Waals surface area contributed by atoms with E-state index in [4.69, 9.17) is 10.5 Å². The van der Waals surface area contributed by atoms with E-state index in [0.717, 1.165) is 17.7 Å². The van der Waals surface area contributed by atoms with Gasteiger partial charge in [-0.25, -0.2) is 0 Å². The van der Waals surface area contributed by atoms with E-state index in [0.29, 0.717) is 6.54 Å². The normalized spacial score (nSPS) is 10.7. The van der Waals surface area contributed by atoms with Crippen LogP contribution >= 0.6 is 0 Å². The van der Waals surface area contributed by atoms with Crippen LogP contribution in [0.1, 0.15) is 5.56 Å². The molecule has 14 heavy (non-hydrogen) atoms. The van der Waals surface area contributed by atoms with Gasteiger partial charge in [-0.3, -0.25) is 0 Å². The summed E-state index contributed by atoms with van der Waals surface area (Å²) in [5.41, 5.74) is 7.90. The number of hydrogen-bond acceptors (Lipinski definition) is 2. The number of aromatic nitrogens is 1. The smallest absolute Gasteiger partial charge is 0.122 e. The van der Waals surface area contributed by atoms with Gasteiger partial charge in [0.1, 0.15) is 5.75 Å². The van der Waals surface area contributed by atoms with E-state index < -0.39 is 0 Å². The van der Waals surface area contributed by atoms with Gasteiger partial charge in [0.15, 0.2) is 0 Å². The van der Waals surface area contributed by atoms with E-state index >= 15 is 0 Å². The Labute approximate surface area is 82.9 Å². The molecular formula is C11H14N2O. The highest BCUT2D eigenvalue weighted by Gasteiger charge is 2.07. The van der Waals surface area contributed by atoms with Gasteiger partial charge in [0.05, 0.1) is 7.11 Å². The van der Waals surface area contributed by atoms with Crippen LogP contribution in [0.15, 0.2) is 24.4 Å². The van der Waals surface area contributed by atoms with Gasteiger partial charge in [-0.05, 0) is 31.2 Å². The summed E-state index contributed by atoms with van der Waals surface area (Å²) >= 11 is 0. The van der Waals surface area contributed by atoms with Gasteiger partial charge in [0, 0.05) is 22.7 Å². The van der Waals surface area contributed by atoms with Crippen LogP contribution in [0.2, 0.25) is 0 Å². The molecule has 1 aromatic heterocycles. The lowest BCUT2D eigenvalue weighted by atomic mass is 10.1. The molecular weight excluding hydrogens is 176 g/mol. The molecule has 2 rings (SSSR count). The number of hydrogen-bond donors (Lipinski definition) is 2. The molecule has 0 aliphatic heterocycles. The van der Waals surface area contributed by atoms with Crippen molar-refractivity contribution in [3.05, 3.63) is 30.0 Å². The fraction of sp³-hybridized carbons (Fsp3) is 0.273. The van der Waals surface area contributed by atoms with Crippen LogP contribution in [0, 0.1) is 0 Å². The van der Waals surface area contributed by atoms with Crippen LogP contribution in [0.25, 0.3) is 10.9 Å². The maximum atomic E-state index is 5.58. The highest BCUT2D eigenvalue weighted by atomic mass is 16.5. The van der Waals surface area contributed by atoms with Crippen molar-refractivity contribution in [1.82, 2.24) is 4.98 Å². The van der Waals surface area contributed by atoms with E-state index in [1.165, 1.54) is 10.9 Å². The molecule has 1 heterocycles. The number of methoxy groups -OCH3 is 1. The van der Waals surface area contributed by atoms with Crippen LogP contribution in [0.3, 0.4) is 0 Å². The quantitative estimate of drug-likeness (QED) is 0.773. The fourth-order valence-corrected chi connectivity index (χ4v) is 1.77. The number of H-pyrrole nitrogens is 1. The minimum absolute atomic E-state index is 0.640. The number of fused-ring (bicyclic) bond motifs is 1. The number of aromatic amines is 1. The first-order chi connectivity index (χ1) is 6.86. The second-order valence-electron chi connectivity index (χ2n) is 3.22. The van der Waals surface area contributed by atoms with Crippen molar-refractivity contribution < 1.29 is 4.74 Å². The molecule has 1 aromatic carbocycles. The van der Waals surface area contributed by atoms with Crippen LogP contribution < -0.4 is 10.5 Å². The van der Waals surface area contributed by atoms with E-state index in [2.05, 4.69) is 11.1 Å². The monoisotopic (exact) mass is 190 g/mol. The average molecular weight is 190 g/mol. The minimum Gasteiger partial charge on any atom is -0.496 e. The Kier molecular flexibility index (Phi) is 2.41. The number of rotatable bonds is 3. The molecule has 0 aliphatic rings. The number of benzene rings is 1. The molecule has 74 valence electrons. The Morgan fingerprint density at radius 2 is 2.21 bits per heavy atom. The molecule has 3 nitrogen and oxygen atoms in total. The third-order valence-corrected chi connectivity index (χ3v) is 2.42. The van der Waals surface area contributed by atoms with Gasteiger partial charge in [0.2, 0.25) is 0 Å². The van der Waals surface area contributed by atoms with Gasteiger partial charge in [-0.15, -0.1) is 0 Å². The molecule has 0 radical (unpaired) electrons. The van der Waals surface area contributed by atoms with Crippen molar-refractivity contribution in [2.75, 3.05) is 13.7 Å². The standard InChI is InChI=1S/C11H14N2O/c1-14-11-3-2-10-8(5-7-13-10)9(11)4-6-12/h2-3,5,7,13H,4,6,12H2,1H3. The Balaban J connectivity index is 2.62. The molecule has 3 heteroatoms. The largest absolute Gasteiger partial charge is 0.496 e. The summed E-state index contributed by atoms with van der Waals surface area (Å²) in [5, 5.41) is 1.20. The number of nitrogens with one attached hydrogen (secondary N) is 1. The molecule has 2 aromatic rings. The molecule has 3 N–H and O–H groups in total. The van der Waals surface area contributed by atoms with E-state index in [9.17, 15) is 0 Å². The van der Waals surface area contributed by atoms with Crippen LogP contribution in [-0.2, 0) is 6.42 Å². The van der Waals surface area contributed by atoms with Crippen LogP contribution in [0.5, 0.6) is 5.75 Å². The van der Waals surface area contributed by atoms with Crippen molar-refractivity contribution in [2.45, 2.75) is 6.42 Å². The predicted molar refractivity (Wildman–Crippen MR) is 57.6 cm³/mol. The highest BCUT2D eigenvalue weighted by molar-refractivity contribution is 5.85. The Morgan fingerprint density at radius 1 is 1.36 bits per heavy atom. The molecule has 0 fully saturated rings. The molecule has 0 aliphatic carbocycles. The third kappa shape index (κ3) is 1.36. The maximum Gasteiger partial charge on any atom is 0.122 e. The first-order valence-corrected chi connectivity index (χ1v) is 4.70. The minimum atomic E-state index is 0.640. The topological polar surface area (TPSA) is 51.0 Å². The highest BCUT2D eigenvalue weighted by Crippen LogP contribution is 2.27. The second-order valence-corrected chi connectivity index (χ2v) is 3.22. The lowest BCUT2D eigenvalue weighted by Crippen LogP contribution is -2.04. The number of ether oxygens (including phenoxy) is 1. The van der Waals surface area contributed by atoms with E-state index in [-0.39, 0.29) is 0 Å². The summed E-state index contributed by atoms with van der Waals surface area (Å²) in [7, 11) is 1.69. The summed E-state index contributed by atoms with van der Waals surface area (Å²) in [6.45, 7) is 0.640. The Hall–Kier alpha value is -1.48. The van der Waals surface area contributed by atoms with E-state index in [1.54, 1.807) is 7.11 Å². The van der Waals surface area contributed by atoms with Crippen LogP contribution in [0.4, 0.5) is 0 Å². The molecule has 0 saturated heterocycles. The fourth-order valence-electron chi connectivity index (χ4n) is 1.77. The lowest BCUT2D eigenvalue weighted by molar-refractivity contribution is 0.410. The number of nitrogens with two attached hydrogens (primary N) is 1. The zero-order valence-corrected chi connectivity index (χ0v) is 8.21. The van der Waals surface area contributed by atoms with Crippen molar-refractivity contribution in [3.8, 4) is 5.75 Å². The Morgan fingerprint density at radius 3 is 2.93 bits per heavy atom. The zero-order valence-electron chi connectivity index (χ0n) is 8.21. The van der Waals surface area contributed by atoms with E-state index in [1.807, 2.05) is 18.3 Å².